The van der Waals surface area contributed by atoms with Crippen molar-refractivity contribution in [1.29, 1.82) is 0 Å². The van der Waals surface area contributed by atoms with Gasteiger partial charge in [0, 0.05) is 38.1 Å². The van der Waals surface area contributed by atoms with E-state index in [0.717, 1.165) is 0 Å². The molecule has 1 nitrogen and oxygen atoms in total. The zero-order valence-corrected chi connectivity index (χ0v) is 30.7. The predicted molar refractivity (Wildman–Crippen MR) is 237 cm³/mol. The molecule has 0 saturated heterocycles. The second-order valence-electron chi connectivity index (χ2n) is 14.3. The van der Waals surface area contributed by atoms with Crippen molar-refractivity contribution < 1.29 is 0 Å². The highest BCUT2D eigenvalue weighted by molar-refractivity contribution is 7.26. The third kappa shape index (κ3) is 5.42. The van der Waals surface area contributed by atoms with Crippen molar-refractivity contribution in [3.8, 4) is 55.6 Å². The first-order chi connectivity index (χ1) is 27.2. The number of thiophene rings is 1. The van der Waals surface area contributed by atoms with Gasteiger partial charge in [-0.2, -0.15) is 0 Å². The lowest BCUT2D eigenvalue weighted by molar-refractivity contribution is 1.37. The number of aromatic nitrogens is 1. The van der Waals surface area contributed by atoms with Gasteiger partial charge in [0.2, 0.25) is 0 Å². The molecule has 0 atom stereocenters. The molecule has 0 bridgehead atoms. The maximum Gasteiger partial charge on any atom is 0.0464 e. The first kappa shape index (κ1) is 31.6. The molecule has 0 amide bonds. The summed E-state index contributed by atoms with van der Waals surface area (Å²) in [5.41, 5.74) is 12.0. The van der Waals surface area contributed by atoms with Crippen LogP contribution < -0.4 is 0 Å². The monoisotopic (exact) mass is 715 g/mol. The third-order valence-corrected chi connectivity index (χ3v) is 12.3. The van der Waals surface area contributed by atoms with Crippen molar-refractivity contribution >= 4 is 63.8 Å². The summed E-state index contributed by atoms with van der Waals surface area (Å²) in [6.45, 7) is 0. The standard InChI is InChI=1S/C53H33NS/c1-2-21-45-43(19-1)44-20-3-4-22-46(44)49-31-41(25-26-47(45)49)39-16-9-14-37(29-39)35-12-7-11-34(27-35)36-13-8-15-38(28-36)40-17-10-18-42(30-40)50-32-54-33-51-48-23-5-6-24-52(48)55-53(50)51/h1-33H. The van der Waals surface area contributed by atoms with Crippen LogP contribution in [0.5, 0.6) is 0 Å². The van der Waals surface area contributed by atoms with Crippen LogP contribution >= 0.6 is 11.3 Å². The minimum Gasteiger partial charge on any atom is -0.263 e. The number of hydrogen-bond donors (Lipinski definition) is 0. The molecule has 256 valence electrons. The van der Waals surface area contributed by atoms with Gasteiger partial charge in [0.05, 0.1) is 0 Å². The maximum atomic E-state index is 4.66. The molecule has 0 N–H and O–H groups in total. The van der Waals surface area contributed by atoms with Crippen molar-refractivity contribution in [3.05, 3.63) is 200 Å². The first-order valence-electron chi connectivity index (χ1n) is 18.8. The minimum absolute atomic E-state index is 1.18. The van der Waals surface area contributed by atoms with Crippen LogP contribution in [0.25, 0.3) is 108 Å². The van der Waals surface area contributed by atoms with Crippen LogP contribution in [0, 0.1) is 0 Å². The lowest BCUT2D eigenvalue weighted by Gasteiger charge is -2.13. The molecule has 2 heterocycles. The van der Waals surface area contributed by atoms with E-state index in [2.05, 4.69) is 193 Å². The van der Waals surface area contributed by atoms with Gasteiger partial charge < -0.3 is 0 Å². The van der Waals surface area contributed by atoms with E-state index in [1.165, 1.54) is 108 Å². The zero-order chi connectivity index (χ0) is 36.3. The smallest absolute Gasteiger partial charge is 0.0464 e. The van der Waals surface area contributed by atoms with Gasteiger partial charge in [-0.05, 0) is 119 Å². The van der Waals surface area contributed by atoms with Crippen molar-refractivity contribution in [2.24, 2.45) is 0 Å². The van der Waals surface area contributed by atoms with Crippen LogP contribution in [-0.4, -0.2) is 4.98 Å². The summed E-state index contributed by atoms with van der Waals surface area (Å²) in [6.07, 6.45) is 4.01. The molecular weight excluding hydrogens is 683 g/mol. The zero-order valence-electron chi connectivity index (χ0n) is 29.9. The van der Waals surface area contributed by atoms with Gasteiger partial charge in [-0.1, -0.05) is 152 Å². The van der Waals surface area contributed by atoms with E-state index in [0.29, 0.717) is 0 Å². The lowest BCUT2D eigenvalue weighted by Crippen LogP contribution is -1.86. The summed E-state index contributed by atoms with van der Waals surface area (Å²) < 4.78 is 2.58. The molecule has 9 aromatic carbocycles. The van der Waals surface area contributed by atoms with Gasteiger partial charge in [-0.15, -0.1) is 11.3 Å². The predicted octanol–water partition coefficient (Wildman–Crippen LogP) is 15.2. The summed E-state index contributed by atoms with van der Waals surface area (Å²) in [6, 6.07) is 68.8. The Balaban J connectivity index is 0.936. The molecule has 2 heteroatoms. The molecule has 0 aliphatic carbocycles. The Bertz CT molecular complexity index is 3240. The molecule has 0 fully saturated rings. The molecule has 0 spiro atoms. The van der Waals surface area contributed by atoms with Crippen LogP contribution in [0.4, 0.5) is 0 Å². The molecule has 55 heavy (non-hydrogen) atoms. The van der Waals surface area contributed by atoms with Crippen molar-refractivity contribution in [1.82, 2.24) is 4.98 Å². The molecule has 0 aliphatic rings. The maximum absolute atomic E-state index is 4.66. The normalized spacial score (nSPS) is 11.6. The summed E-state index contributed by atoms with van der Waals surface area (Å²) >= 11 is 1.84. The average Bonchev–Trinajstić information content (AvgIpc) is 3.66. The molecule has 0 unspecified atom stereocenters. The topological polar surface area (TPSA) is 12.9 Å². The molecular formula is C53H33NS. The van der Waals surface area contributed by atoms with E-state index in [4.69, 9.17) is 0 Å². The number of rotatable bonds is 5. The van der Waals surface area contributed by atoms with E-state index >= 15 is 0 Å². The Morgan fingerprint density at radius 2 is 0.673 bits per heavy atom. The van der Waals surface area contributed by atoms with Crippen molar-refractivity contribution in [3.63, 3.8) is 0 Å². The molecule has 0 saturated carbocycles. The quantitative estimate of drug-likeness (QED) is 0.162. The van der Waals surface area contributed by atoms with Gasteiger partial charge in [0.25, 0.3) is 0 Å². The molecule has 11 aromatic rings. The Kier molecular flexibility index (Phi) is 7.43. The van der Waals surface area contributed by atoms with Gasteiger partial charge in [0.1, 0.15) is 0 Å². The second kappa shape index (κ2) is 12.9. The minimum atomic E-state index is 1.18. The van der Waals surface area contributed by atoms with E-state index in [-0.39, 0.29) is 0 Å². The van der Waals surface area contributed by atoms with Crippen LogP contribution in [0.1, 0.15) is 0 Å². The fraction of sp³-hybridized carbons (Fsp3) is 0. The molecule has 0 aliphatic heterocycles. The second-order valence-corrected chi connectivity index (χ2v) is 15.4. The van der Waals surface area contributed by atoms with Gasteiger partial charge in [-0.3, -0.25) is 4.98 Å². The first-order valence-corrected chi connectivity index (χ1v) is 19.6. The summed E-state index contributed by atoms with van der Waals surface area (Å²) in [7, 11) is 0. The van der Waals surface area contributed by atoms with Crippen molar-refractivity contribution in [2.75, 3.05) is 0 Å². The highest BCUT2D eigenvalue weighted by Gasteiger charge is 2.13. The van der Waals surface area contributed by atoms with Crippen LogP contribution in [0.2, 0.25) is 0 Å². The van der Waals surface area contributed by atoms with Gasteiger partial charge in [-0.25, -0.2) is 0 Å². The average molecular weight is 716 g/mol. The Labute approximate surface area is 323 Å². The van der Waals surface area contributed by atoms with Crippen LogP contribution in [-0.2, 0) is 0 Å². The number of benzene rings is 9. The van der Waals surface area contributed by atoms with Crippen molar-refractivity contribution in [2.45, 2.75) is 0 Å². The van der Waals surface area contributed by atoms with E-state index < -0.39 is 0 Å². The number of nitrogens with zero attached hydrogens (tertiary/aromatic N) is 1. The van der Waals surface area contributed by atoms with Crippen LogP contribution in [0.15, 0.2) is 200 Å². The number of fused-ring (bicyclic) bond motifs is 9. The Hall–Kier alpha value is -6.87. The Morgan fingerprint density at radius 3 is 1.20 bits per heavy atom. The van der Waals surface area contributed by atoms with Gasteiger partial charge >= 0.3 is 0 Å². The third-order valence-electron chi connectivity index (χ3n) is 11.1. The highest BCUT2D eigenvalue weighted by atomic mass is 32.1. The van der Waals surface area contributed by atoms with E-state index in [9.17, 15) is 0 Å². The summed E-state index contributed by atoms with van der Waals surface area (Å²) in [5, 5.41) is 10.3. The highest BCUT2D eigenvalue weighted by Crippen LogP contribution is 2.41. The lowest BCUT2D eigenvalue weighted by atomic mass is 9.91. The number of pyridine rings is 1. The molecule has 0 radical (unpaired) electrons. The SMILES string of the molecule is c1cc(-c2cccc(-c3cccc(-c4cncc5c4sc4ccccc45)c3)c2)cc(-c2cccc(-c3ccc4c5ccccc5c5ccccc5c4c3)c2)c1. The fourth-order valence-electron chi connectivity index (χ4n) is 8.43. The number of hydrogen-bond acceptors (Lipinski definition) is 2. The molecule has 2 aromatic heterocycles. The largest absolute Gasteiger partial charge is 0.263 e. The van der Waals surface area contributed by atoms with Gasteiger partial charge in [0.15, 0.2) is 0 Å². The molecule has 11 rings (SSSR count). The van der Waals surface area contributed by atoms with Crippen LogP contribution in [0.3, 0.4) is 0 Å². The Morgan fingerprint density at radius 1 is 0.273 bits per heavy atom. The fourth-order valence-corrected chi connectivity index (χ4v) is 9.64. The van der Waals surface area contributed by atoms with E-state index in [1.54, 1.807) is 0 Å². The van der Waals surface area contributed by atoms with E-state index in [1.807, 2.05) is 23.7 Å². The summed E-state index contributed by atoms with van der Waals surface area (Å²) in [4.78, 5) is 4.66. The summed E-state index contributed by atoms with van der Waals surface area (Å²) in [5.74, 6) is 0.